The Balaban J connectivity index is 2.09. The molecular weight excluding hydrogens is 342 g/mol. The second kappa shape index (κ2) is 4.90. The van der Waals surface area contributed by atoms with Gasteiger partial charge in [0.25, 0.3) is 5.91 Å². The van der Waals surface area contributed by atoms with Gasteiger partial charge in [0.05, 0.1) is 17.3 Å². The van der Waals surface area contributed by atoms with E-state index in [2.05, 4.69) is 21.0 Å². The number of fused-ring (bicyclic) bond motifs is 1. The molecule has 6 heteroatoms. The minimum absolute atomic E-state index is 0.0264. The van der Waals surface area contributed by atoms with Gasteiger partial charge in [0.2, 0.25) is 0 Å². The zero-order valence-electron chi connectivity index (χ0n) is 11.1. The summed E-state index contributed by atoms with van der Waals surface area (Å²) < 4.78 is 2.47. The molecule has 2 aromatic rings. The molecule has 104 valence electrons. The first-order valence-corrected chi connectivity index (χ1v) is 7.51. The highest BCUT2D eigenvalue weighted by Crippen LogP contribution is 2.33. The van der Waals surface area contributed by atoms with Crippen molar-refractivity contribution in [2.24, 2.45) is 0 Å². The van der Waals surface area contributed by atoms with Gasteiger partial charge in [-0.2, -0.15) is 5.10 Å². The molecule has 1 aliphatic heterocycles. The number of hydrogen-bond donors (Lipinski definition) is 0. The maximum absolute atomic E-state index is 12.3. The molecule has 0 spiro atoms. The van der Waals surface area contributed by atoms with E-state index in [0.717, 1.165) is 15.9 Å². The van der Waals surface area contributed by atoms with Crippen LogP contribution in [0.5, 0.6) is 0 Å². The van der Waals surface area contributed by atoms with Gasteiger partial charge in [-0.3, -0.25) is 4.79 Å². The van der Waals surface area contributed by atoms with Crippen molar-refractivity contribution >= 4 is 33.4 Å². The Morgan fingerprint density at radius 3 is 2.65 bits per heavy atom. The van der Waals surface area contributed by atoms with Crippen LogP contribution in [-0.4, -0.2) is 26.6 Å². The second-order valence-corrected chi connectivity index (χ2v) is 6.17. The number of aromatic nitrogens is 2. The first-order chi connectivity index (χ1) is 9.50. The minimum atomic E-state index is -0.0264. The molecular formula is C14H13BrClN3O. The summed E-state index contributed by atoms with van der Waals surface area (Å²) >= 11 is 9.73. The molecule has 0 saturated heterocycles. The monoisotopic (exact) mass is 353 g/mol. The molecule has 0 atom stereocenters. The molecule has 1 aromatic carbocycles. The number of carbonyl (C=O) groups is 1. The van der Waals surface area contributed by atoms with Gasteiger partial charge in [-0.25, -0.2) is 4.68 Å². The number of carbonyl (C=O) groups excluding carboxylic acids is 1. The Hall–Kier alpha value is -1.33. The lowest BCUT2D eigenvalue weighted by molar-refractivity contribution is 0.0723. The maximum Gasteiger partial charge on any atom is 0.275 e. The normalized spacial score (nSPS) is 14.2. The van der Waals surface area contributed by atoms with Crippen molar-refractivity contribution in [3.05, 3.63) is 45.1 Å². The van der Waals surface area contributed by atoms with Crippen LogP contribution in [0, 0.1) is 0 Å². The van der Waals surface area contributed by atoms with Gasteiger partial charge < -0.3 is 4.90 Å². The number of para-hydroxylation sites is 1. The van der Waals surface area contributed by atoms with Crippen molar-refractivity contribution in [3.63, 3.8) is 0 Å². The third-order valence-corrected chi connectivity index (χ3v) is 4.55. The zero-order chi connectivity index (χ0) is 14.4. The highest BCUT2D eigenvalue weighted by Gasteiger charge is 2.35. The fourth-order valence-corrected chi connectivity index (χ4v) is 3.12. The Morgan fingerprint density at radius 2 is 2.05 bits per heavy atom. The van der Waals surface area contributed by atoms with E-state index in [-0.39, 0.29) is 11.9 Å². The molecule has 20 heavy (non-hydrogen) atoms. The van der Waals surface area contributed by atoms with E-state index in [0.29, 0.717) is 17.3 Å². The molecule has 0 radical (unpaired) electrons. The van der Waals surface area contributed by atoms with Crippen molar-refractivity contribution in [2.75, 3.05) is 0 Å². The summed E-state index contributed by atoms with van der Waals surface area (Å²) in [4.78, 5) is 14.1. The van der Waals surface area contributed by atoms with Gasteiger partial charge in [0.15, 0.2) is 5.69 Å². The fraction of sp³-hybridized carbons (Fsp3) is 0.286. The van der Waals surface area contributed by atoms with E-state index in [4.69, 9.17) is 11.6 Å². The number of hydrogen-bond acceptors (Lipinski definition) is 2. The summed E-state index contributed by atoms with van der Waals surface area (Å²) in [5.41, 5.74) is 2.19. The highest BCUT2D eigenvalue weighted by atomic mass is 79.9. The van der Waals surface area contributed by atoms with Gasteiger partial charge in [-0.05, 0) is 41.9 Å². The van der Waals surface area contributed by atoms with E-state index in [1.54, 1.807) is 15.6 Å². The molecule has 0 N–H and O–H groups in total. The van der Waals surface area contributed by atoms with Crippen LogP contribution in [0.2, 0.25) is 5.02 Å². The summed E-state index contributed by atoms with van der Waals surface area (Å²) in [6.07, 6.45) is 0. The Bertz CT molecular complexity index is 696. The van der Waals surface area contributed by atoms with Crippen LogP contribution in [0.3, 0.4) is 0 Å². The highest BCUT2D eigenvalue weighted by molar-refractivity contribution is 9.10. The maximum atomic E-state index is 12.3. The van der Waals surface area contributed by atoms with Crippen LogP contribution >= 0.6 is 27.5 Å². The largest absolute Gasteiger partial charge is 0.330 e. The minimum Gasteiger partial charge on any atom is -0.330 e. The SMILES string of the molecule is CC(C)N1Cc2c(nn(-c3ccccc3Cl)c2Br)C1=O. The van der Waals surface area contributed by atoms with Crippen LogP contribution in [0.4, 0.5) is 0 Å². The molecule has 3 rings (SSSR count). The lowest BCUT2D eigenvalue weighted by Gasteiger charge is -2.20. The molecule has 1 aliphatic rings. The number of nitrogens with zero attached hydrogens (tertiary/aromatic N) is 3. The molecule has 0 aliphatic carbocycles. The smallest absolute Gasteiger partial charge is 0.275 e. The summed E-state index contributed by atoms with van der Waals surface area (Å²) in [6, 6.07) is 7.60. The van der Waals surface area contributed by atoms with Crippen LogP contribution in [-0.2, 0) is 6.54 Å². The number of benzene rings is 1. The summed E-state index contributed by atoms with van der Waals surface area (Å²) in [5.74, 6) is -0.0264. The predicted octanol–water partition coefficient (Wildman–Crippen LogP) is 3.65. The van der Waals surface area contributed by atoms with Crippen LogP contribution in [0.1, 0.15) is 29.9 Å². The number of rotatable bonds is 2. The van der Waals surface area contributed by atoms with Gasteiger partial charge in [-0.1, -0.05) is 23.7 Å². The Morgan fingerprint density at radius 1 is 1.35 bits per heavy atom. The molecule has 1 amide bonds. The van der Waals surface area contributed by atoms with Crippen LogP contribution < -0.4 is 0 Å². The average Bonchev–Trinajstić information content (AvgIpc) is 2.89. The van der Waals surface area contributed by atoms with Crippen molar-refractivity contribution in [1.82, 2.24) is 14.7 Å². The molecule has 0 saturated carbocycles. The lowest BCUT2D eigenvalue weighted by Crippen LogP contribution is -2.31. The van der Waals surface area contributed by atoms with E-state index in [1.807, 2.05) is 32.0 Å². The fourth-order valence-electron chi connectivity index (χ4n) is 2.32. The first kappa shape index (κ1) is 13.6. The van der Waals surface area contributed by atoms with Gasteiger partial charge in [0, 0.05) is 11.6 Å². The second-order valence-electron chi connectivity index (χ2n) is 5.01. The molecule has 4 nitrogen and oxygen atoms in total. The van der Waals surface area contributed by atoms with Crippen molar-refractivity contribution in [3.8, 4) is 5.69 Å². The summed E-state index contributed by atoms with van der Waals surface area (Å²) in [7, 11) is 0. The Labute approximate surface area is 130 Å². The third kappa shape index (κ3) is 1.96. The van der Waals surface area contributed by atoms with E-state index < -0.39 is 0 Å². The first-order valence-electron chi connectivity index (χ1n) is 6.34. The molecule has 0 unspecified atom stereocenters. The molecule has 0 fully saturated rings. The Kier molecular flexibility index (Phi) is 3.34. The summed E-state index contributed by atoms with van der Waals surface area (Å²) in [6.45, 7) is 4.58. The number of amides is 1. The van der Waals surface area contributed by atoms with Gasteiger partial charge in [-0.15, -0.1) is 0 Å². The quantitative estimate of drug-likeness (QED) is 0.825. The zero-order valence-corrected chi connectivity index (χ0v) is 13.4. The van der Waals surface area contributed by atoms with Crippen LogP contribution in [0.15, 0.2) is 28.9 Å². The van der Waals surface area contributed by atoms with Crippen molar-refractivity contribution in [2.45, 2.75) is 26.4 Å². The van der Waals surface area contributed by atoms with E-state index in [9.17, 15) is 4.79 Å². The topological polar surface area (TPSA) is 38.1 Å². The molecule has 2 heterocycles. The van der Waals surface area contributed by atoms with Crippen molar-refractivity contribution in [1.29, 1.82) is 0 Å². The van der Waals surface area contributed by atoms with Crippen molar-refractivity contribution < 1.29 is 4.79 Å². The molecule has 0 bridgehead atoms. The molecule has 1 aromatic heterocycles. The number of halogens is 2. The van der Waals surface area contributed by atoms with E-state index in [1.165, 1.54) is 0 Å². The lowest BCUT2D eigenvalue weighted by atomic mass is 10.3. The van der Waals surface area contributed by atoms with E-state index >= 15 is 0 Å². The third-order valence-electron chi connectivity index (χ3n) is 3.42. The standard InChI is InChI=1S/C14H13BrClN3O/c1-8(2)18-7-9-12(14(18)20)17-19(13(9)15)11-6-4-3-5-10(11)16/h3-6,8H,7H2,1-2H3. The average molecular weight is 355 g/mol. The van der Waals surface area contributed by atoms with Gasteiger partial charge in [0.1, 0.15) is 4.60 Å². The predicted molar refractivity (Wildman–Crippen MR) is 81.3 cm³/mol. The summed E-state index contributed by atoms with van der Waals surface area (Å²) in [5, 5.41) is 5.03. The van der Waals surface area contributed by atoms with Gasteiger partial charge >= 0.3 is 0 Å². The van der Waals surface area contributed by atoms with Crippen LogP contribution in [0.25, 0.3) is 5.69 Å².